The quantitative estimate of drug-likeness (QED) is 0.422. The normalized spacial score (nSPS) is 10.9. The molecule has 4 nitrogen and oxygen atoms in total. The molecule has 1 amide bonds. The largest absolute Gasteiger partial charge is 0.325 e. The van der Waals surface area contributed by atoms with Crippen molar-refractivity contribution in [1.29, 1.82) is 0 Å². The van der Waals surface area contributed by atoms with Gasteiger partial charge in [0, 0.05) is 16.8 Å². The molecule has 0 radical (unpaired) electrons. The summed E-state index contributed by atoms with van der Waals surface area (Å²) in [4.78, 5) is 19.0. The van der Waals surface area contributed by atoms with E-state index in [4.69, 9.17) is 4.98 Å². The zero-order valence-electron chi connectivity index (χ0n) is 18.7. The molecule has 4 rings (SSSR count). The molecule has 1 N–H and O–H groups in total. The summed E-state index contributed by atoms with van der Waals surface area (Å²) in [5.74, 6) is -0.0431. The summed E-state index contributed by atoms with van der Waals surface area (Å²) < 4.78 is 0. The van der Waals surface area contributed by atoms with Gasteiger partial charge in [0.25, 0.3) is 0 Å². The Bertz CT molecular complexity index is 1220. The summed E-state index contributed by atoms with van der Waals surface area (Å²) in [5, 5.41) is 2.97. The summed E-state index contributed by atoms with van der Waals surface area (Å²) in [6, 6.07) is 30.8. The fourth-order valence-corrected chi connectivity index (χ4v) is 3.59. The first-order valence-electron chi connectivity index (χ1n) is 10.7. The Morgan fingerprint density at radius 3 is 2.09 bits per heavy atom. The third-order valence-electron chi connectivity index (χ3n) is 5.18. The summed E-state index contributed by atoms with van der Waals surface area (Å²) in [6.45, 7) is 2.43. The molecule has 4 aromatic rings. The average molecular weight is 422 g/mol. The Morgan fingerprint density at radius 1 is 0.750 bits per heavy atom. The molecular formula is C28H27N3O. The first-order valence-corrected chi connectivity index (χ1v) is 10.7. The number of hydrogen-bond donors (Lipinski definition) is 1. The number of rotatable bonds is 6. The Labute approximate surface area is 189 Å². The van der Waals surface area contributed by atoms with Gasteiger partial charge in [0.15, 0.2) is 0 Å². The number of likely N-dealkylation sites (N-methyl/N-ethyl adjacent to an activating group) is 1. The fourth-order valence-electron chi connectivity index (χ4n) is 3.59. The third-order valence-corrected chi connectivity index (χ3v) is 5.18. The zero-order valence-corrected chi connectivity index (χ0v) is 18.7. The van der Waals surface area contributed by atoms with Gasteiger partial charge in [-0.05, 0) is 56.4 Å². The lowest BCUT2D eigenvalue weighted by atomic mass is 9.99. The Kier molecular flexibility index (Phi) is 6.43. The van der Waals surface area contributed by atoms with Crippen molar-refractivity contribution in [3.05, 3.63) is 96.6 Å². The van der Waals surface area contributed by atoms with Crippen LogP contribution in [0.15, 0.2) is 91.0 Å². The molecule has 1 heterocycles. The van der Waals surface area contributed by atoms with E-state index >= 15 is 0 Å². The van der Waals surface area contributed by atoms with Crippen molar-refractivity contribution in [2.45, 2.75) is 6.92 Å². The molecule has 0 saturated heterocycles. The van der Waals surface area contributed by atoms with Crippen molar-refractivity contribution >= 4 is 11.6 Å². The maximum atomic E-state index is 12.2. The van der Waals surface area contributed by atoms with Crippen molar-refractivity contribution in [3.63, 3.8) is 0 Å². The van der Waals surface area contributed by atoms with Gasteiger partial charge >= 0.3 is 0 Å². The third kappa shape index (κ3) is 5.29. The average Bonchev–Trinajstić information content (AvgIpc) is 2.79. The lowest BCUT2D eigenvalue weighted by Gasteiger charge is -2.13. The van der Waals surface area contributed by atoms with E-state index in [1.54, 1.807) is 0 Å². The molecule has 0 aliphatic carbocycles. The number of pyridine rings is 1. The van der Waals surface area contributed by atoms with E-state index in [2.05, 4.69) is 60.8 Å². The molecule has 0 spiro atoms. The number of hydrogen-bond acceptors (Lipinski definition) is 3. The second-order valence-corrected chi connectivity index (χ2v) is 8.23. The molecule has 4 heteroatoms. The molecule has 0 atom stereocenters. The van der Waals surface area contributed by atoms with E-state index in [9.17, 15) is 4.79 Å². The molecule has 32 heavy (non-hydrogen) atoms. The summed E-state index contributed by atoms with van der Waals surface area (Å²) in [5.41, 5.74) is 8.05. The zero-order chi connectivity index (χ0) is 22.5. The Morgan fingerprint density at radius 2 is 1.41 bits per heavy atom. The molecular weight excluding hydrogens is 394 g/mol. The standard InChI is InChI=1S/C28H27N3O/c1-20-12-14-21(15-13-20)24-17-26(22-8-5-4-6-9-22)30-27(18-24)23-10-7-11-25(16-23)29-28(32)19-31(2)3/h4-18H,19H2,1-3H3,(H,29,32). The maximum absolute atomic E-state index is 12.2. The highest BCUT2D eigenvalue weighted by atomic mass is 16.2. The van der Waals surface area contributed by atoms with Crippen molar-refractivity contribution in [2.75, 3.05) is 26.0 Å². The van der Waals surface area contributed by atoms with Crippen molar-refractivity contribution < 1.29 is 4.79 Å². The topological polar surface area (TPSA) is 45.2 Å². The lowest BCUT2D eigenvalue weighted by molar-refractivity contribution is -0.116. The Balaban J connectivity index is 1.76. The van der Waals surface area contributed by atoms with Gasteiger partial charge in [-0.1, -0.05) is 72.3 Å². The van der Waals surface area contributed by atoms with Gasteiger partial charge < -0.3 is 10.2 Å². The molecule has 0 aliphatic heterocycles. The van der Waals surface area contributed by atoms with Crippen LogP contribution in [0.25, 0.3) is 33.6 Å². The lowest BCUT2D eigenvalue weighted by Crippen LogP contribution is -2.27. The predicted octanol–water partition coefficient (Wildman–Crippen LogP) is 5.89. The number of amides is 1. The van der Waals surface area contributed by atoms with E-state index in [-0.39, 0.29) is 5.91 Å². The highest BCUT2D eigenvalue weighted by Gasteiger charge is 2.10. The van der Waals surface area contributed by atoms with Crippen LogP contribution in [0.1, 0.15) is 5.56 Å². The molecule has 0 unspecified atom stereocenters. The van der Waals surface area contributed by atoms with Gasteiger partial charge in [0.1, 0.15) is 0 Å². The maximum Gasteiger partial charge on any atom is 0.238 e. The van der Waals surface area contributed by atoms with Crippen molar-refractivity contribution in [2.24, 2.45) is 0 Å². The summed E-state index contributed by atoms with van der Waals surface area (Å²) >= 11 is 0. The van der Waals surface area contributed by atoms with Crippen LogP contribution >= 0.6 is 0 Å². The molecule has 1 aromatic heterocycles. The van der Waals surface area contributed by atoms with Gasteiger partial charge in [0.2, 0.25) is 5.91 Å². The number of nitrogens with one attached hydrogen (secondary N) is 1. The van der Waals surface area contributed by atoms with E-state index < -0.39 is 0 Å². The van der Waals surface area contributed by atoms with Crippen LogP contribution in [0.2, 0.25) is 0 Å². The van der Waals surface area contributed by atoms with Gasteiger partial charge in [-0.2, -0.15) is 0 Å². The van der Waals surface area contributed by atoms with Crippen LogP contribution in [0.5, 0.6) is 0 Å². The van der Waals surface area contributed by atoms with Crippen LogP contribution in [-0.2, 0) is 4.79 Å². The minimum absolute atomic E-state index is 0.0431. The highest BCUT2D eigenvalue weighted by Crippen LogP contribution is 2.31. The van der Waals surface area contributed by atoms with Crippen LogP contribution < -0.4 is 5.32 Å². The van der Waals surface area contributed by atoms with Gasteiger partial charge in [-0.15, -0.1) is 0 Å². The molecule has 3 aromatic carbocycles. The number of nitrogens with zero attached hydrogens (tertiary/aromatic N) is 2. The predicted molar refractivity (Wildman–Crippen MR) is 132 cm³/mol. The second-order valence-electron chi connectivity index (χ2n) is 8.23. The highest BCUT2D eigenvalue weighted by molar-refractivity contribution is 5.93. The van der Waals surface area contributed by atoms with Gasteiger partial charge in [-0.3, -0.25) is 4.79 Å². The minimum atomic E-state index is -0.0431. The monoisotopic (exact) mass is 421 g/mol. The van der Waals surface area contributed by atoms with Crippen LogP contribution in [0, 0.1) is 6.92 Å². The van der Waals surface area contributed by atoms with E-state index in [0.29, 0.717) is 6.54 Å². The van der Waals surface area contributed by atoms with E-state index in [1.807, 2.05) is 61.5 Å². The summed E-state index contributed by atoms with van der Waals surface area (Å²) in [7, 11) is 3.75. The number of carbonyl (C=O) groups excluding carboxylic acids is 1. The van der Waals surface area contributed by atoms with Crippen LogP contribution in [0.4, 0.5) is 5.69 Å². The number of anilines is 1. The summed E-state index contributed by atoms with van der Waals surface area (Å²) in [6.07, 6.45) is 0. The van der Waals surface area contributed by atoms with Gasteiger partial charge in [-0.25, -0.2) is 4.98 Å². The number of benzene rings is 3. The van der Waals surface area contributed by atoms with Crippen molar-refractivity contribution in [3.8, 4) is 33.6 Å². The molecule has 0 saturated carbocycles. The molecule has 0 aliphatic rings. The number of aryl methyl sites for hydroxylation is 1. The van der Waals surface area contributed by atoms with Crippen molar-refractivity contribution in [1.82, 2.24) is 9.88 Å². The van der Waals surface area contributed by atoms with E-state index in [0.717, 1.165) is 39.3 Å². The number of carbonyl (C=O) groups is 1. The first-order chi connectivity index (χ1) is 15.5. The molecule has 160 valence electrons. The minimum Gasteiger partial charge on any atom is -0.325 e. The SMILES string of the molecule is Cc1ccc(-c2cc(-c3ccccc3)nc(-c3cccc(NC(=O)CN(C)C)c3)c2)cc1. The van der Waals surface area contributed by atoms with Gasteiger partial charge in [0.05, 0.1) is 17.9 Å². The molecule has 0 fully saturated rings. The second kappa shape index (κ2) is 9.58. The molecule has 0 bridgehead atoms. The van der Waals surface area contributed by atoms with E-state index in [1.165, 1.54) is 5.56 Å². The smallest absolute Gasteiger partial charge is 0.238 e. The van der Waals surface area contributed by atoms with Crippen LogP contribution in [-0.4, -0.2) is 36.4 Å². The Hall–Kier alpha value is -3.76. The number of aromatic nitrogens is 1. The first kappa shape index (κ1) is 21.5. The van der Waals surface area contributed by atoms with Crippen LogP contribution in [0.3, 0.4) is 0 Å². The fraction of sp³-hybridized carbons (Fsp3) is 0.143.